The van der Waals surface area contributed by atoms with Gasteiger partial charge in [-0.15, -0.1) is 0 Å². The Labute approximate surface area is 94.0 Å². The number of hydrogen-bond donors (Lipinski definition) is 1. The minimum absolute atomic E-state index is 0.255. The van der Waals surface area contributed by atoms with Gasteiger partial charge in [-0.3, -0.25) is 0 Å². The van der Waals surface area contributed by atoms with Gasteiger partial charge < -0.3 is 10.6 Å². The maximum atomic E-state index is 13.5. The molecule has 0 aromatic heterocycles. The Balaban J connectivity index is 2.17. The second kappa shape index (κ2) is 4.47. The van der Waals surface area contributed by atoms with Crippen LogP contribution in [0, 0.1) is 17.6 Å². The first-order valence-corrected chi connectivity index (χ1v) is 5.47. The molecule has 2 nitrogen and oxygen atoms in total. The van der Waals surface area contributed by atoms with Crippen molar-refractivity contribution < 1.29 is 8.78 Å². The average molecular weight is 226 g/mol. The topological polar surface area (TPSA) is 29.3 Å². The van der Waals surface area contributed by atoms with Gasteiger partial charge in [0, 0.05) is 24.2 Å². The van der Waals surface area contributed by atoms with Crippen molar-refractivity contribution in [3.63, 3.8) is 0 Å². The molecule has 0 spiro atoms. The van der Waals surface area contributed by atoms with E-state index in [2.05, 4.69) is 4.90 Å². The summed E-state index contributed by atoms with van der Waals surface area (Å²) in [6.07, 6.45) is 0.967. The van der Waals surface area contributed by atoms with E-state index in [0.29, 0.717) is 5.56 Å². The van der Waals surface area contributed by atoms with E-state index in [1.165, 1.54) is 12.1 Å². The van der Waals surface area contributed by atoms with Gasteiger partial charge in [-0.25, -0.2) is 8.78 Å². The summed E-state index contributed by atoms with van der Waals surface area (Å²) in [5.41, 5.74) is 6.44. The number of halogens is 2. The molecule has 0 bridgehead atoms. The van der Waals surface area contributed by atoms with Crippen LogP contribution in [0.1, 0.15) is 18.0 Å². The zero-order valence-electron chi connectivity index (χ0n) is 9.29. The zero-order chi connectivity index (χ0) is 11.7. The van der Waals surface area contributed by atoms with Gasteiger partial charge in [-0.05, 0) is 32.0 Å². The van der Waals surface area contributed by atoms with Gasteiger partial charge >= 0.3 is 0 Å². The molecule has 1 fully saturated rings. The highest BCUT2D eigenvalue weighted by atomic mass is 19.1. The largest absolute Gasteiger partial charge is 0.324 e. The van der Waals surface area contributed by atoms with Crippen LogP contribution in [-0.4, -0.2) is 25.0 Å². The Morgan fingerprint density at radius 2 is 2.19 bits per heavy atom. The van der Waals surface area contributed by atoms with E-state index in [0.717, 1.165) is 25.6 Å². The van der Waals surface area contributed by atoms with E-state index in [1.54, 1.807) is 0 Å². The van der Waals surface area contributed by atoms with Crippen molar-refractivity contribution in [1.29, 1.82) is 0 Å². The van der Waals surface area contributed by atoms with Crippen LogP contribution < -0.4 is 5.73 Å². The van der Waals surface area contributed by atoms with E-state index < -0.39 is 11.6 Å². The van der Waals surface area contributed by atoms with Crippen LogP contribution in [0.5, 0.6) is 0 Å². The second-order valence-corrected chi connectivity index (χ2v) is 4.50. The van der Waals surface area contributed by atoms with Crippen LogP contribution in [-0.2, 0) is 0 Å². The highest BCUT2D eigenvalue weighted by molar-refractivity contribution is 5.22. The molecule has 88 valence electrons. The number of nitrogens with zero attached hydrogens (tertiary/aromatic N) is 1. The SMILES string of the molecule is CN1CCC(C(N)c2ccc(F)cc2F)C1. The summed E-state index contributed by atoms with van der Waals surface area (Å²) in [6, 6.07) is 3.27. The van der Waals surface area contributed by atoms with Crippen molar-refractivity contribution in [2.45, 2.75) is 12.5 Å². The molecule has 2 N–H and O–H groups in total. The van der Waals surface area contributed by atoms with Gasteiger partial charge in [-0.1, -0.05) is 6.07 Å². The molecular weight excluding hydrogens is 210 g/mol. The van der Waals surface area contributed by atoms with Gasteiger partial charge in [0.15, 0.2) is 0 Å². The number of hydrogen-bond acceptors (Lipinski definition) is 2. The molecule has 0 radical (unpaired) electrons. The van der Waals surface area contributed by atoms with Gasteiger partial charge in [0.1, 0.15) is 11.6 Å². The molecule has 0 saturated carbocycles. The van der Waals surface area contributed by atoms with E-state index in [4.69, 9.17) is 5.73 Å². The summed E-state index contributed by atoms with van der Waals surface area (Å²) in [5.74, 6) is -0.844. The number of rotatable bonds is 2. The first-order valence-electron chi connectivity index (χ1n) is 5.47. The van der Waals surface area contributed by atoms with Crippen molar-refractivity contribution >= 4 is 0 Å². The van der Waals surface area contributed by atoms with Gasteiger partial charge in [0.2, 0.25) is 0 Å². The fourth-order valence-corrected chi connectivity index (χ4v) is 2.29. The van der Waals surface area contributed by atoms with Crippen LogP contribution in [0.15, 0.2) is 18.2 Å². The van der Waals surface area contributed by atoms with E-state index in [1.807, 2.05) is 7.05 Å². The number of likely N-dealkylation sites (tertiary alicyclic amines) is 1. The molecule has 2 rings (SSSR count). The lowest BCUT2D eigenvalue weighted by molar-refractivity contribution is 0.368. The Bertz CT molecular complexity index is 381. The fourth-order valence-electron chi connectivity index (χ4n) is 2.29. The van der Waals surface area contributed by atoms with Crippen LogP contribution in [0.2, 0.25) is 0 Å². The molecular formula is C12H16F2N2. The molecule has 2 unspecified atom stereocenters. The lowest BCUT2D eigenvalue weighted by Gasteiger charge is -2.20. The molecule has 1 heterocycles. The van der Waals surface area contributed by atoms with Crippen molar-refractivity contribution in [2.24, 2.45) is 11.7 Å². The molecule has 1 aromatic rings. The number of nitrogens with two attached hydrogens (primary N) is 1. The molecule has 4 heteroatoms. The lowest BCUT2D eigenvalue weighted by Crippen LogP contribution is -2.25. The number of benzene rings is 1. The summed E-state index contributed by atoms with van der Waals surface area (Å²) >= 11 is 0. The Kier molecular flexibility index (Phi) is 3.21. The van der Waals surface area contributed by atoms with E-state index in [9.17, 15) is 8.78 Å². The predicted molar refractivity (Wildman–Crippen MR) is 58.9 cm³/mol. The Hall–Kier alpha value is -1.00. The maximum absolute atomic E-state index is 13.5. The Morgan fingerprint density at radius 3 is 2.75 bits per heavy atom. The minimum Gasteiger partial charge on any atom is -0.324 e. The lowest BCUT2D eigenvalue weighted by atomic mass is 9.93. The molecule has 0 aliphatic carbocycles. The quantitative estimate of drug-likeness (QED) is 0.834. The highest BCUT2D eigenvalue weighted by Crippen LogP contribution is 2.29. The predicted octanol–water partition coefficient (Wildman–Crippen LogP) is 1.92. The van der Waals surface area contributed by atoms with Crippen LogP contribution in [0.25, 0.3) is 0 Å². The zero-order valence-corrected chi connectivity index (χ0v) is 9.29. The van der Waals surface area contributed by atoms with Crippen LogP contribution >= 0.6 is 0 Å². The van der Waals surface area contributed by atoms with Crippen molar-refractivity contribution in [2.75, 3.05) is 20.1 Å². The molecule has 1 aliphatic rings. The second-order valence-electron chi connectivity index (χ2n) is 4.50. The summed E-state index contributed by atoms with van der Waals surface area (Å²) in [7, 11) is 2.02. The smallest absolute Gasteiger partial charge is 0.130 e. The van der Waals surface area contributed by atoms with E-state index in [-0.39, 0.29) is 12.0 Å². The van der Waals surface area contributed by atoms with Crippen molar-refractivity contribution in [3.05, 3.63) is 35.4 Å². The average Bonchev–Trinajstić information content (AvgIpc) is 2.64. The molecule has 16 heavy (non-hydrogen) atoms. The normalized spacial score (nSPS) is 23.6. The summed E-state index contributed by atoms with van der Waals surface area (Å²) in [5, 5.41) is 0. The third-order valence-corrected chi connectivity index (χ3v) is 3.26. The summed E-state index contributed by atoms with van der Waals surface area (Å²) in [4.78, 5) is 2.17. The van der Waals surface area contributed by atoms with Gasteiger partial charge in [0.25, 0.3) is 0 Å². The van der Waals surface area contributed by atoms with Crippen LogP contribution in [0.3, 0.4) is 0 Å². The minimum atomic E-state index is -0.558. The molecule has 1 aliphatic heterocycles. The summed E-state index contributed by atoms with van der Waals surface area (Å²) in [6.45, 7) is 1.86. The standard InChI is InChI=1S/C12H16F2N2/c1-16-5-4-8(7-16)12(15)10-3-2-9(13)6-11(10)14/h2-3,6,8,12H,4-5,7,15H2,1H3. The monoisotopic (exact) mass is 226 g/mol. The molecule has 0 amide bonds. The maximum Gasteiger partial charge on any atom is 0.130 e. The highest BCUT2D eigenvalue weighted by Gasteiger charge is 2.27. The molecule has 1 saturated heterocycles. The first-order chi connectivity index (χ1) is 7.58. The van der Waals surface area contributed by atoms with Gasteiger partial charge in [0.05, 0.1) is 0 Å². The molecule has 2 atom stereocenters. The summed E-state index contributed by atoms with van der Waals surface area (Å²) < 4.78 is 26.3. The third-order valence-electron chi connectivity index (χ3n) is 3.26. The third kappa shape index (κ3) is 2.23. The molecule has 1 aromatic carbocycles. The van der Waals surface area contributed by atoms with Crippen molar-refractivity contribution in [3.8, 4) is 0 Å². The van der Waals surface area contributed by atoms with Crippen LogP contribution in [0.4, 0.5) is 8.78 Å². The first kappa shape index (κ1) is 11.5. The Morgan fingerprint density at radius 1 is 1.44 bits per heavy atom. The van der Waals surface area contributed by atoms with Crippen molar-refractivity contribution in [1.82, 2.24) is 4.90 Å². The van der Waals surface area contributed by atoms with E-state index >= 15 is 0 Å². The van der Waals surface area contributed by atoms with Gasteiger partial charge in [-0.2, -0.15) is 0 Å². The fraction of sp³-hybridized carbons (Fsp3) is 0.500.